The summed E-state index contributed by atoms with van der Waals surface area (Å²) in [6.07, 6.45) is 11.1. The van der Waals surface area contributed by atoms with E-state index < -0.39 is 0 Å². The Morgan fingerprint density at radius 1 is 0.889 bits per heavy atom. The standard InChI is InChI=1S/C16H34N2/c1-3-11-17-12-7-5-6-8-14-18(13-4-2)15-16-9-10-16/h16-17H,3-15H2,1-2H3. The molecular weight excluding hydrogens is 220 g/mol. The minimum atomic E-state index is 1.05. The molecule has 0 heterocycles. The van der Waals surface area contributed by atoms with Crippen molar-refractivity contribution in [3.8, 4) is 0 Å². The van der Waals surface area contributed by atoms with Gasteiger partial charge in [-0.2, -0.15) is 0 Å². The smallest absolute Gasteiger partial charge is 0.000966 e. The average molecular weight is 254 g/mol. The molecule has 0 spiro atoms. The monoisotopic (exact) mass is 254 g/mol. The Labute approximate surface area is 115 Å². The summed E-state index contributed by atoms with van der Waals surface area (Å²) in [4.78, 5) is 2.70. The Morgan fingerprint density at radius 2 is 1.67 bits per heavy atom. The van der Waals surface area contributed by atoms with E-state index >= 15 is 0 Å². The first kappa shape index (κ1) is 16.0. The van der Waals surface area contributed by atoms with Gasteiger partial charge in [0, 0.05) is 6.54 Å². The molecule has 2 heteroatoms. The third-order valence-corrected chi connectivity index (χ3v) is 3.76. The second kappa shape index (κ2) is 10.8. The van der Waals surface area contributed by atoms with Crippen LogP contribution in [-0.2, 0) is 0 Å². The Kier molecular flexibility index (Phi) is 9.59. The molecule has 0 aromatic heterocycles. The largest absolute Gasteiger partial charge is 0.317 e. The van der Waals surface area contributed by atoms with Gasteiger partial charge < -0.3 is 10.2 Å². The van der Waals surface area contributed by atoms with Gasteiger partial charge in [-0.25, -0.2) is 0 Å². The molecule has 0 radical (unpaired) electrons. The zero-order chi connectivity index (χ0) is 13.1. The zero-order valence-electron chi connectivity index (χ0n) is 12.7. The van der Waals surface area contributed by atoms with Gasteiger partial charge >= 0.3 is 0 Å². The highest BCUT2D eigenvalue weighted by Crippen LogP contribution is 2.29. The second-order valence-corrected chi connectivity index (χ2v) is 5.91. The average Bonchev–Trinajstić information content (AvgIpc) is 3.16. The first-order chi connectivity index (χ1) is 8.86. The lowest BCUT2D eigenvalue weighted by molar-refractivity contribution is 0.257. The van der Waals surface area contributed by atoms with Crippen LogP contribution in [0.2, 0.25) is 0 Å². The SMILES string of the molecule is CCCNCCCCCCN(CCC)CC1CC1. The molecule has 1 rings (SSSR count). The van der Waals surface area contributed by atoms with E-state index in [1.165, 1.54) is 84.1 Å². The van der Waals surface area contributed by atoms with Gasteiger partial charge in [0.25, 0.3) is 0 Å². The summed E-state index contributed by atoms with van der Waals surface area (Å²) in [5.41, 5.74) is 0. The van der Waals surface area contributed by atoms with Crippen molar-refractivity contribution in [2.24, 2.45) is 5.92 Å². The van der Waals surface area contributed by atoms with Gasteiger partial charge in [-0.1, -0.05) is 26.7 Å². The van der Waals surface area contributed by atoms with Gasteiger partial charge in [0.15, 0.2) is 0 Å². The summed E-state index contributed by atoms with van der Waals surface area (Å²) in [7, 11) is 0. The van der Waals surface area contributed by atoms with Crippen molar-refractivity contribution in [1.29, 1.82) is 0 Å². The summed E-state index contributed by atoms with van der Waals surface area (Å²) >= 11 is 0. The molecule has 18 heavy (non-hydrogen) atoms. The van der Waals surface area contributed by atoms with Crippen molar-refractivity contribution in [3.05, 3.63) is 0 Å². The van der Waals surface area contributed by atoms with E-state index in [9.17, 15) is 0 Å². The van der Waals surface area contributed by atoms with Crippen LogP contribution < -0.4 is 5.32 Å². The van der Waals surface area contributed by atoms with Crippen molar-refractivity contribution in [1.82, 2.24) is 10.2 Å². The molecule has 1 aliphatic carbocycles. The lowest BCUT2D eigenvalue weighted by atomic mass is 10.2. The molecule has 0 unspecified atom stereocenters. The second-order valence-electron chi connectivity index (χ2n) is 5.91. The van der Waals surface area contributed by atoms with Gasteiger partial charge in [0.05, 0.1) is 0 Å². The minimum Gasteiger partial charge on any atom is -0.317 e. The van der Waals surface area contributed by atoms with Crippen LogP contribution >= 0.6 is 0 Å². The van der Waals surface area contributed by atoms with Crippen molar-refractivity contribution in [2.75, 3.05) is 32.7 Å². The van der Waals surface area contributed by atoms with E-state index in [0.717, 1.165) is 5.92 Å². The lowest BCUT2D eigenvalue weighted by Gasteiger charge is -2.21. The summed E-state index contributed by atoms with van der Waals surface area (Å²) in [5.74, 6) is 1.05. The molecule has 0 bridgehead atoms. The summed E-state index contributed by atoms with van der Waals surface area (Å²) in [6, 6.07) is 0. The molecule has 0 aromatic carbocycles. The Balaban J connectivity index is 1.87. The van der Waals surface area contributed by atoms with Crippen LogP contribution in [0.4, 0.5) is 0 Å². The summed E-state index contributed by atoms with van der Waals surface area (Å²) in [5, 5.41) is 3.48. The van der Waals surface area contributed by atoms with Crippen LogP contribution in [0.25, 0.3) is 0 Å². The van der Waals surface area contributed by atoms with E-state index in [0.29, 0.717) is 0 Å². The predicted molar refractivity (Wildman–Crippen MR) is 81.1 cm³/mol. The van der Waals surface area contributed by atoms with Crippen molar-refractivity contribution in [2.45, 2.75) is 65.2 Å². The molecule has 0 aromatic rings. The molecule has 1 saturated carbocycles. The number of rotatable bonds is 13. The lowest BCUT2D eigenvalue weighted by Crippen LogP contribution is -2.28. The van der Waals surface area contributed by atoms with Crippen LogP contribution in [0.1, 0.15) is 65.2 Å². The molecule has 0 aliphatic heterocycles. The highest BCUT2D eigenvalue weighted by molar-refractivity contribution is 4.77. The maximum Gasteiger partial charge on any atom is 0.000966 e. The number of unbranched alkanes of at least 4 members (excludes halogenated alkanes) is 3. The molecule has 1 aliphatic rings. The summed E-state index contributed by atoms with van der Waals surface area (Å²) < 4.78 is 0. The highest BCUT2D eigenvalue weighted by atomic mass is 15.1. The molecule has 1 N–H and O–H groups in total. The van der Waals surface area contributed by atoms with Crippen LogP contribution in [0, 0.1) is 5.92 Å². The molecule has 0 amide bonds. The molecule has 108 valence electrons. The number of nitrogens with one attached hydrogen (secondary N) is 1. The van der Waals surface area contributed by atoms with Crippen LogP contribution in [0.5, 0.6) is 0 Å². The molecule has 0 saturated heterocycles. The van der Waals surface area contributed by atoms with Crippen molar-refractivity contribution in [3.63, 3.8) is 0 Å². The van der Waals surface area contributed by atoms with Crippen molar-refractivity contribution >= 4 is 0 Å². The molecule has 2 nitrogen and oxygen atoms in total. The van der Waals surface area contributed by atoms with Gasteiger partial charge in [0.1, 0.15) is 0 Å². The van der Waals surface area contributed by atoms with Gasteiger partial charge in [0.2, 0.25) is 0 Å². The third-order valence-electron chi connectivity index (χ3n) is 3.76. The fraction of sp³-hybridized carbons (Fsp3) is 1.00. The van der Waals surface area contributed by atoms with Crippen LogP contribution in [-0.4, -0.2) is 37.6 Å². The van der Waals surface area contributed by atoms with E-state index in [1.807, 2.05) is 0 Å². The number of hydrogen-bond acceptors (Lipinski definition) is 2. The summed E-state index contributed by atoms with van der Waals surface area (Å²) in [6.45, 7) is 11.0. The van der Waals surface area contributed by atoms with Gasteiger partial charge in [-0.15, -0.1) is 0 Å². The van der Waals surface area contributed by atoms with Gasteiger partial charge in [-0.05, 0) is 70.6 Å². The van der Waals surface area contributed by atoms with E-state index in [4.69, 9.17) is 0 Å². The Morgan fingerprint density at radius 3 is 2.33 bits per heavy atom. The minimum absolute atomic E-state index is 1.05. The first-order valence-electron chi connectivity index (χ1n) is 8.29. The van der Waals surface area contributed by atoms with Crippen molar-refractivity contribution < 1.29 is 0 Å². The molecule has 1 fully saturated rings. The topological polar surface area (TPSA) is 15.3 Å². The van der Waals surface area contributed by atoms with Gasteiger partial charge in [-0.3, -0.25) is 0 Å². The first-order valence-corrected chi connectivity index (χ1v) is 8.29. The fourth-order valence-electron chi connectivity index (χ4n) is 2.52. The highest BCUT2D eigenvalue weighted by Gasteiger charge is 2.23. The fourth-order valence-corrected chi connectivity index (χ4v) is 2.52. The number of nitrogens with zero attached hydrogens (tertiary/aromatic N) is 1. The predicted octanol–water partition coefficient (Wildman–Crippen LogP) is 3.67. The zero-order valence-corrected chi connectivity index (χ0v) is 12.7. The van der Waals surface area contributed by atoms with Crippen LogP contribution in [0.15, 0.2) is 0 Å². The molecular formula is C16H34N2. The Bertz CT molecular complexity index is 178. The number of hydrogen-bond donors (Lipinski definition) is 1. The Hall–Kier alpha value is -0.0800. The van der Waals surface area contributed by atoms with E-state index in [1.54, 1.807) is 0 Å². The van der Waals surface area contributed by atoms with Crippen LogP contribution in [0.3, 0.4) is 0 Å². The quantitative estimate of drug-likeness (QED) is 0.505. The van der Waals surface area contributed by atoms with E-state index in [-0.39, 0.29) is 0 Å². The molecule has 0 atom stereocenters. The van der Waals surface area contributed by atoms with E-state index in [2.05, 4.69) is 24.1 Å². The normalized spacial score (nSPS) is 15.5. The maximum absolute atomic E-state index is 3.48. The third kappa shape index (κ3) is 8.93. The maximum atomic E-state index is 3.48.